The Balaban J connectivity index is 0.000000321. The zero-order valence-electron chi connectivity index (χ0n) is 14.5. The lowest BCUT2D eigenvalue weighted by Crippen LogP contribution is -2.43. The maximum Gasteiger partial charge on any atom is 0.490 e. The maximum absolute atomic E-state index is 12.4. The molecule has 1 aliphatic heterocycles. The Labute approximate surface area is 152 Å². The van der Waals surface area contributed by atoms with E-state index in [9.17, 15) is 22.8 Å². The molecule has 3 atom stereocenters. The molecule has 1 amide bonds. The van der Waals surface area contributed by atoms with Gasteiger partial charge in [0.1, 0.15) is 0 Å². The predicted octanol–water partition coefficient (Wildman–Crippen LogP) is 1.48. The van der Waals surface area contributed by atoms with Crippen LogP contribution < -0.4 is 0 Å². The first-order chi connectivity index (χ1) is 12.5. The van der Waals surface area contributed by atoms with Crippen molar-refractivity contribution in [2.24, 2.45) is 18.9 Å². The summed E-state index contributed by atoms with van der Waals surface area (Å²) in [5.74, 6) is -3.57. The van der Waals surface area contributed by atoms with E-state index >= 15 is 0 Å². The van der Waals surface area contributed by atoms with Crippen LogP contribution in [-0.4, -0.2) is 61.8 Å². The summed E-state index contributed by atoms with van der Waals surface area (Å²) in [5, 5.41) is 16.2. The molecule has 8 nitrogen and oxygen atoms in total. The van der Waals surface area contributed by atoms with Gasteiger partial charge >= 0.3 is 18.1 Å². The molecular weight excluding hydrogens is 371 g/mol. The van der Waals surface area contributed by atoms with E-state index in [0.717, 1.165) is 18.5 Å². The van der Waals surface area contributed by atoms with Gasteiger partial charge in [-0.25, -0.2) is 9.78 Å². The van der Waals surface area contributed by atoms with Gasteiger partial charge in [-0.15, -0.1) is 0 Å². The number of amides is 1. The van der Waals surface area contributed by atoms with Crippen LogP contribution in [0, 0.1) is 11.8 Å². The average Bonchev–Trinajstić information content (AvgIpc) is 3.27. The monoisotopic (exact) mass is 391 g/mol. The Morgan fingerprint density at radius 1 is 1.26 bits per heavy atom. The molecule has 0 radical (unpaired) electrons. The molecule has 1 saturated carbocycles. The van der Waals surface area contributed by atoms with E-state index < -0.39 is 24.0 Å². The first-order valence-electron chi connectivity index (χ1n) is 8.30. The van der Waals surface area contributed by atoms with E-state index in [1.54, 1.807) is 11.2 Å². The highest BCUT2D eigenvalue weighted by Crippen LogP contribution is 2.48. The third kappa shape index (κ3) is 5.20. The van der Waals surface area contributed by atoms with Crippen LogP contribution in [0.15, 0.2) is 12.5 Å². The van der Waals surface area contributed by atoms with Crippen molar-refractivity contribution in [3.63, 3.8) is 0 Å². The Bertz CT molecular complexity index is 718. The minimum Gasteiger partial charge on any atom is -0.481 e. The highest BCUT2D eigenvalue weighted by atomic mass is 19.4. The number of piperidine rings is 1. The van der Waals surface area contributed by atoms with E-state index in [1.807, 2.05) is 17.8 Å². The quantitative estimate of drug-likeness (QED) is 0.807. The largest absolute Gasteiger partial charge is 0.490 e. The fourth-order valence-electron chi connectivity index (χ4n) is 3.13. The number of hydrogen-bond acceptors (Lipinski definition) is 4. The average molecular weight is 391 g/mol. The van der Waals surface area contributed by atoms with Crippen LogP contribution in [0.1, 0.15) is 30.9 Å². The minimum atomic E-state index is -5.08. The number of rotatable bonds is 3. The van der Waals surface area contributed by atoms with Gasteiger partial charge in [-0.05, 0) is 19.3 Å². The van der Waals surface area contributed by atoms with Crippen LogP contribution in [0.25, 0.3) is 0 Å². The van der Waals surface area contributed by atoms with Crippen LogP contribution in [-0.2, 0) is 21.4 Å². The predicted molar refractivity (Wildman–Crippen MR) is 84.7 cm³/mol. The van der Waals surface area contributed by atoms with Gasteiger partial charge in [-0.3, -0.25) is 9.59 Å². The third-order valence-corrected chi connectivity index (χ3v) is 4.67. The van der Waals surface area contributed by atoms with Crippen molar-refractivity contribution in [2.75, 3.05) is 13.1 Å². The first kappa shape index (κ1) is 20.7. The summed E-state index contributed by atoms with van der Waals surface area (Å²) in [4.78, 5) is 38.2. The summed E-state index contributed by atoms with van der Waals surface area (Å²) in [6.07, 6.45) is 0.790. The molecule has 1 saturated heterocycles. The van der Waals surface area contributed by atoms with E-state index in [0.29, 0.717) is 19.5 Å². The summed E-state index contributed by atoms with van der Waals surface area (Å²) in [6.45, 7) is 1.06. The summed E-state index contributed by atoms with van der Waals surface area (Å²) < 4.78 is 33.7. The number of carboxylic acid groups (broad SMARTS) is 2. The van der Waals surface area contributed by atoms with Gasteiger partial charge < -0.3 is 19.7 Å². The van der Waals surface area contributed by atoms with Crippen molar-refractivity contribution in [1.82, 2.24) is 14.5 Å². The second-order valence-electron chi connectivity index (χ2n) is 6.64. The van der Waals surface area contributed by atoms with Crippen molar-refractivity contribution in [2.45, 2.75) is 31.4 Å². The lowest BCUT2D eigenvalue weighted by Gasteiger charge is -2.31. The van der Waals surface area contributed by atoms with Gasteiger partial charge in [0.05, 0.1) is 12.2 Å². The number of alkyl halides is 3. The van der Waals surface area contributed by atoms with Crippen LogP contribution in [0.3, 0.4) is 0 Å². The van der Waals surface area contributed by atoms with E-state index in [4.69, 9.17) is 15.0 Å². The molecule has 3 rings (SSSR count). The molecule has 27 heavy (non-hydrogen) atoms. The van der Waals surface area contributed by atoms with Crippen LogP contribution in [0.4, 0.5) is 13.2 Å². The molecule has 11 heteroatoms. The number of carbonyl (C=O) groups excluding carboxylic acids is 1. The van der Waals surface area contributed by atoms with E-state index in [-0.39, 0.29) is 17.7 Å². The number of likely N-dealkylation sites (tertiary alicyclic amines) is 1. The number of halogens is 3. The number of imidazole rings is 1. The molecule has 2 fully saturated rings. The highest BCUT2D eigenvalue weighted by Gasteiger charge is 2.47. The zero-order valence-corrected chi connectivity index (χ0v) is 14.5. The summed E-state index contributed by atoms with van der Waals surface area (Å²) in [7, 11) is 1.93. The number of aromatic nitrogens is 2. The second kappa shape index (κ2) is 7.97. The van der Waals surface area contributed by atoms with Gasteiger partial charge in [0.15, 0.2) is 0 Å². The lowest BCUT2D eigenvalue weighted by atomic mass is 9.98. The van der Waals surface area contributed by atoms with Gasteiger partial charge in [0.2, 0.25) is 5.91 Å². The van der Waals surface area contributed by atoms with Gasteiger partial charge in [0, 0.05) is 43.9 Å². The van der Waals surface area contributed by atoms with Crippen molar-refractivity contribution in [3.05, 3.63) is 18.2 Å². The van der Waals surface area contributed by atoms with Crippen molar-refractivity contribution >= 4 is 17.8 Å². The highest BCUT2D eigenvalue weighted by molar-refractivity contribution is 5.83. The van der Waals surface area contributed by atoms with Crippen LogP contribution >= 0.6 is 0 Å². The normalized spacial score (nSPS) is 24.6. The summed E-state index contributed by atoms with van der Waals surface area (Å²) in [6, 6.07) is 0. The number of aryl methyl sites for hydroxylation is 1. The number of carboxylic acids is 2. The van der Waals surface area contributed by atoms with Crippen LogP contribution in [0.5, 0.6) is 0 Å². The molecule has 2 N–H and O–H groups in total. The number of aliphatic carboxylic acids is 2. The topological polar surface area (TPSA) is 113 Å². The number of hydrogen-bond donors (Lipinski definition) is 2. The molecule has 1 aromatic heterocycles. The lowest BCUT2D eigenvalue weighted by molar-refractivity contribution is -0.192. The van der Waals surface area contributed by atoms with E-state index in [1.165, 1.54) is 0 Å². The second-order valence-corrected chi connectivity index (χ2v) is 6.64. The van der Waals surface area contributed by atoms with Crippen molar-refractivity contribution in [1.29, 1.82) is 0 Å². The third-order valence-electron chi connectivity index (χ3n) is 4.67. The first-order valence-corrected chi connectivity index (χ1v) is 8.30. The molecule has 0 spiro atoms. The molecule has 0 aromatic carbocycles. The Morgan fingerprint density at radius 2 is 1.89 bits per heavy atom. The van der Waals surface area contributed by atoms with E-state index in [2.05, 4.69) is 4.98 Å². The maximum atomic E-state index is 12.4. The van der Waals surface area contributed by atoms with Crippen molar-refractivity contribution in [3.8, 4) is 0 Å². The summed E-state index contributed by atoms with van der Waals surface area (Å²) >= 11 is 0. The summed E-state index contributed by atoms with van der Waals surface area (Å²) in [5.41, 5.74) is 1.09. The smallest absolute Gasteiger partial charge is 0.481 e. The Hall–Kier alpha value is -2.59. The fourth-order valence-corrected chi connectivity index (χ4v) is 3.13. The van der Waals surface area contributed by atoms with Gasteiger partial charge in [-0.2, -0.15) is 13.2 Å². The Morgan fingerprint density at radius 3 is 2.37 bits per heavy atom. The molecule has 0 bridgehead atoms. The fraction of sp³-hybridized carbons (Fsp3) is 0.625. The number of nitrogens with zero attached hydrogens (tertiary/aromatic N) is 3. The van der Waals surface area contributed by atoms with Crippen LogP contribution in [0.2, 0.25) is 0 Å². The molecule has 2 aliphatic rings. The molecule has 1 aromatic rings. The molecule has 2 heterocycles. The molecular formula is C16H20F3N3O5. The molecule has 1 aliphatic carbocycles. The Kier molecular flexibility index (Phi) is 6.11. The number of carbonyl (C=O) groups is 3. The van der Waals surface area contributed by atoms with Gasteiger partial charge in [0.25, 0.3) is 0 Å². The van der Waals surface area contributed by atoms with Gasteiger partial charge in [-0.1, -0.05) is 0 Å². The molecule has 150 valence electrons. The standard InChI is InChI=1S/C14H19N3O3.C2HF3O2/c1-16-8-15-6-12(16)10-5-11(10)13(18)17-4-2-3-9(7-17)14(19)20;3-2(4,5)1(6)7/h6,8-11H,2-5,7H2,1H3,(H,19,20);(H,6,7)/t9?,10-,11-;/m1./s1. The molecule has 1 unspecified atom stereocenters. The van der Waals surface area contributed by atoms with Crippen molar-refractivity contribution < 1.29 is 37.8 Å². The minimum absolute atomic E-state index is 0.0120. The SMILES string of the molecule is Cn1cncc1[C@@H]1C[C@H]1C(=O)N1CCCC(C(=O)O)C1.O=C(O)C(F)(F)F. The zero-order chi connectivity index (χ0) is 20.4.